The predicted molar refractivity (Wildman–Crippen MR) is 222 cm³/mol. The summed E-state index contributed by atoms with van der Waals surface area (Å²) in [7, 11) is 0. The monoisotopic (exact) mass is 692 g/mol. The zero-order chi connectivity index (χ0) is 34.9. The van der Waals surface area contributed by atoms with Crippen molar-refractivity contribution in [2.45, 2.75) is 0 Å². The van der Waals surface area contributed by atoms with E-state index >= 15 is 0 Å². The molecule has 11 aromatic rings. The summed E-state index contributed by atoms with van der Waals surface area (Å²) in [5, 5.41) is 10.5. The molecule has 3 heterocycles. The summed E-state index contributed by atoms with van der Waals surface area (Å²) in [6.45, 7) is 0. The maximum absolute atomic E-state index is 5.51. The Morgan fingerprint density at radius 1 is 0.321 bits per heavy atom. The molecule has 0 saturated carbocycles. The van der Waals surface area contributed by atoms with E-state index < -0.39 is 0 Å². The molecule has 0 atom stereocenters. The van der Waals surface area contributed by atoms with Crippen LogP contribution < -0.4 is 0 Å². The summed E-state index contributed by atoms with van der Waals surface area (Å²) in [4.78, 5) is 20.9. The first-order valence-corrected chi connectivity index (χ1v) is 18.6. The first-order valence-electron chi connectivity index (χ1n) is 17.7. The highest BCUT2D eigenvalue weighted by atomic mass is 32.1. The minimum absolute atomic E-state index is 0.639. The Labute approximate surface area is 308 Å². The Morgan fingerprint density at radius 3 is 1.42 bits per heavy atom. The lowest BCUT2D eigenvalue weighted by atomic mass is 9.88. The first kappa shape index (κ1) is 29.9. The molecule has 0 aliphatic rings. The maximum Gasteiger partial charge on any atom is 0.165 e. The number of benzene rings is 8. The molecule has 3 aromatic heterocycles. The summed E-state index contributed by atoms with van der Waals surface area (Å²) in [6, 6.07) is 59.5. The van der Waals surface area contributed by atoms with Gasteiger partial charge in [0.15, 0.2) is 17.5 Å². The lowest BCUT2D eigenvalue weighted by Crippen LogP contribution is -2.02. The van der Waals surface area contributed by atoms with Crippen LogP contribution in [-0.4, -0.2) is 19.9 Å². The average molecular weight is 693 g/mol. The summed E-state index contributed by atoms with van der Waals surface area (Å²) in [5.74, 6) is 1.92. The molecule has 4 nitrogen and oxygen atoms in total. The molecule has 53 heavy (non-hydrogen) atoms. The molecule has 0 N–H and O–H groups in total. The van der Waals surface area contributed by atoms with Gasteiger partial charge in [0, 0.05) is 58.6 Å². The van der Waals surface area contributed by atoms with Crippen LogP contribution in [0.2, 0.25) is 0 Å². The maximum atomic E-state index is 5.51. The molecular formula is C48H28N4S. The number of hydrogen-bond acceptors (Lipinski definition) is 5. The van der Waals surface area contributed by atoms with Crippen molar-refractivity contribution in [3.63, 3.8) is 0 Å². The lowest BCUT2D eigenvalue weighted by Gasteiger charge is -2.19. The number of pyridine rings is 1. The number of hydrogen-bond donors (Lipinski definition) is 0. The Hall–Kier alpha value is -6.82. The minimum atomic E-state index is 0.639. The minimum Gasteiger partial charge on any atom is -0.247 e. The molecule has 0 spiro atoms. The zero-order valence-electron chi connectivity index (χ0n) is 28.4. The second kappa shape index (κ2) is 11.9. The summed E-state index contributed by atoms with van der Waals surface area (Å²) in [6.07, 6.45) is 0. The van der Waals surface area contributed by atoms with Crippen molar-refractivity contribution < 1.29 is 0 Å². The molecule has 0 amide bonds. The number of para-hydroxylation sites is 1. The van der Waals surface area contributed by atoms with Crippen LogP contribution in [0.1, 0.15) is 0 Å². The second-order valence-corrected chi connectivity index (χ2v) is 14.4. The van der Waals surface area contributed by atoms with Crippen LogP contribution in [0.5, 0.6) is 0 Å². The third kappa shape index (κ3) is 4.68. The van der Waals surface area contributed by atoms with Crippen molar-refractivity contribution >= 4 is 74.7 Å². The van der Waals surface area contributed by atoms with Crippen molar-refractivity contribution in [2.24, 2.45) is 0 Å². The van der Waals surface area contributed by atoms with Gasteiger partial charge in [-0.25, -0.2) is 19.9 Å². The third-order valence-corrected chi connectivity index (χ3v) is 11.5. The van der Waals surface area contributed by atoms with Crippen LogP contribution in [0, 0.1) is 0 Å². The topological polar surface area (TPSA) is 51.6 Å². The predicted octanol–water partition coefficient (Wildman–Crippen LogP) is 12.9. The van der Waals surface area contributed by atoms with Gasteiger partial charge in [-0.15, -0.1) is 11.3 Å². The normalized spacial score (nSPS) is 11.8. The van der Waals surface area contributed by atoms with Gasteiger partial charge in [-0.3, -0.25) is 0 Å². The highest BCUT2D eigenvalue weighted by molar-refractivity contribution is 7.26. The van der Waals surface area contributed by atoms with E-state index in [1.807, 2.05) is 47.7 Å². The third-order valence-electron chi connectivity index (χ3n) is 10.3. The summed E-state index contributed by atoms with van der Waals surface area (Å²) < 4.78 is 2.58. The van der Waals surface area contributed by atoms with Crippen molar-refractivity contribution in [3.05, 3.63) is 170 Å². The molecule has 0 aliphatic carbocycles. The number of rotatable bonds is 4. The number of fused-ring (bicyclic) bond motifs is 9. The van der Waals surface area contributed by atoms with Crippen molar-refractivity contribution in [1.29, 1.82) is 0 Å². The molecule has 246 valence electrons. The van der Waals surface area contributed by atoms with Crippen LogP contribution in [0.25, 0.3) is 109 Å². The van der Waals surface area contributed by atoms with Gasteiger partial charge in [0.05, 0.1) is 11.2 Å². The molecule has 0 radical (unpaired) electrons. The van der Waals surface area contributed by atoms with Crippen LogP contribution in [-0.2, 0) is 0 Å². The molecular weight excluding hydrogens is 665 g/mol. The first-order chi connectivity index (χ1) is 26.3. The van der Waals surface area contributed by atoms with Crippen LogP contribution >= 0.6 is 11.3 Å². The van der Waals surface area contributed by atoms with Gasteiger partial charge in [-0.05, 0) is 33.7 Å². The Morgan fingerprint density at radius 2 is 0.792 bits per heavy atom. The molecule has 0 saturated heterocycles. The molecule has 11 rings (SSSR count). The molecule has 0 bridgehead atoms. The van der Waals surface area contributed by atoms with Crippen LogP contribution in [0.15, 0.2) is 170 Å². The number of aromatic nitrogens is 4. The van der Waals surface area contributed by atoms with Gasteiger partial charge >= 0.3 is 0 Å². The van der Waals surface area contributed by atoms with Crippen molar-refractivity contribution in [2.75, 3.05) is 0 Å². The SMILES string of the molecule is c1ccc(-c2nc(-c3ccccc3)nc(-c3c4ccccc4c(-c4nc5ccccc5c5c4ccc4c6ccccc6sc45)c4ccccc34)n2)cc1. The fourth-order valence-corrected chi connectivity index (χ4v) is 9.22. The van der Waals surface area contributed by atoms with Crippen molar-refractivity contribution in [1.82, 2.24) is 19.9 Å². The Balaban J connectivity index is 1.27. The summed E-state index contributed by atoms with van der Waals surface area (Å²) in [5.41, 5.74) is 5.93. The van der Waals surface area contributed by atoms with E-state index in [4.69, 9.17) is 19.9 Å². The molecule has 0 unspecified atom stereocenters. The van der Waals surface area contributed by atoms with Crippen LogP contribution in [0.4, 0.5) is 0 Å². The number of nitrogens with zero attached hydrogens (tertiary/aromatic N) is 4. The van der Waals surface area contributed by atoms with E-state index in [2.05, 4.69) is 133 Å². The molecule has 5 heteroatoms. The zero-order valence-corrected chi connectivity index (χ0v) is 29.2. The largest absolute Gasteiger partial charge is 0.247 e. The second-order valence-electron chi connectivity index (χ2n) is 13.3. The van der Waals surface area contributed by atoms with Crippen molar-refractivity contribution in [3.8, 4) is 45.4 Å². The molecule has 0 aliphatic heterocycles. The van der Waals surface area contributed by atoms with Gasteiger partial charge in [0.2, 0.25) is 0 Å². The Kier molecular flexibility index (Phi) is 6.69. The highest BCUT2D eigenvalue weighted by Crippen LogP contribution is 2.48. The number of thiophene rings is 1. The van der Waals surface area contributed by atoms with E-state index in [9.17, 15) is 0 Å². The fraction of sp³-hybridized carbons (Fsp3) is 0. The highest BCUT2D eigenvalue weighted by Gasteiger charge is 2.23. The van der Waals surface area contributed by atoms with Gasteiger partial charge in [0.1, 0.15) is 0 Å². The van der Waals surface area contributed by atoms with E-state index in [0.29, 0.717) is 17.5 Å². The standard InChI is InChI=1S/C48H28N4S/c1-3-15-29(16-4-1)46-50-47(30-17-5-2-6-18-30)52-48(51-46)43-34-22-9-7-20-32(34)41(33-21-8-10-23-35(33)43)44-38-28-27-36-31-19-12-14-26-40(31)53-45(36)42(38)37-24-11-13-25-39(37)49-44/h1-28H. The molecule has 0 fully saturated rings. The van der Waals surface area contributed by atoms with E-state index in [1.54, 1.807) is 0 Å². The van der Waals surface area contributed by atoms with E-state index in [-0.39, 0.29) is 0 Å². The van der Waals surface area contributed by atoms with Gasteiger partial charge in [0.25, 0.3) is 0 Å². The molecule has 8 aromatic carbocycles. The van der Waals surface area contributed by atoms with Gasteiger partial charge in [-0.1, -0.05) is 158 Å². The van der Waals surface area contributed by atoms with E-state index in [0.717, 1.165) is 60.4 Å². The van der Waals surface area contributed by atoms with E-state index in [1.165, 1.54) is 30.9 Å². The smallest absolute Gasteiger partial charge is 0.165 e. The lowest BCUT2D eigenvalue weighted by molar-refractivity contribution is 1.08. The van der Waals surface area contributed by atoms with Gasteiger partial charge in [-0.2, -0.15) is 0 Å². The summed E-state index contributed by atoms with van der Waals surface area (Å²) >= 11 is 1.87. The van der Waals surface area contributed by atoms with Crippen LogP contribution in [0.3, 0.4) is 0 Å². The fourth-order valence-electron chi connectivity index (χ4n) is 7.95. The quantitative estimate of drug-likeness (QED) is 0.136. The Bertz CT molecular complexity index is 3110. The van der Waals surface area contributed by atoms with Gasteiger partial charge < -0.3 is 0 Å². The average Bonchev–Trinajstić information content (AvgIpc) is 3.62.